The van der Waals surface area contributed by atoms with Gasteiger partial charge in [-0.2, -0.15) is 0 Å². The zero-order chi connectivity index (χ0) is 26.2. The maximum Gasteiger partial charge on any atom is 0.244 e. The molecular weight excluding hydrogens is 486 g/mol. The van der Waals surface area contributed by atoms with Crippen LogP contribution in [0.5, 0.6) is 0 Å². The Morgan fingerprint density at radius 3 is 2.17 bits per heavy atom. The molecule has 0 saturated heterocycles. The van der Waals surface area contributed by atoms with Gasteiger partial charge in [-0.05, 0) is 48.1 Å². The van der Waals surface area contributed by atoms with Crippen LogP contribution in [0.3, 0.4) is 0 Å². The lowest BCUT2D eigenvalue weighted by Gasteiger charge is -2.33. The third kappa shape index (κ3) is 8.25. The fourth-order valence-electron chi connectivity index (χ4n) is 3.66. The maximum absolute atomic E-state index is 13.7. The topological polar surface area (TPSA) is 86.8 Å². The van der Waals surface area contributed by atoms with Crippen molar-refractivity contribution in [2.24, 2.45) is 5.92 Å². The minimum absolute atomic E-state index is 0.0818. The van der Waals surface area contributed by atoms with E-state index in [2.05, 4.69) is 5.32 Å². The van der Waals surface area contributed by atoms with Crippen molar-refractivity contribution in [2.45, 2.75) is 53.1 Å². The van der Waals surface area contributed by atoms with Gasteiger partial charge in [-0.3, -0.25) is 13.9 Å². The van der Waals surface area contributed by atoms with Gasteiger partial charge in [-0.1, -0.05) is 69.6 Å². The van der Waals surface area contributed by atoms with Crippen LogP contribution in [0.25, 0.3) is 0 Å². The van der Waals surface area contributed by atoms with Crippen molar-refractivity contribution in [2.75, 3.05) is 23.7 Å². The number of hydrogen-bond donors (Lipinski definition) is 1. The molecule has 0 radical (unpaired) electrons. The number of nitrogens with zero attached hydrogens (tertiary/aromatic N) is 2. The molecule has 0 heterocycles. The summed E-state index contributed by atoms with van der Waals surface area (Å²) < 4.78 is 26.4. The van der Waals surface area contributed by atoms with Crippen LogP contribution in [0.15, 0.2) is 48.5 Å². The van der Waals surface area contributed by atoms with Crippen molar-refractivity contribution in [1.82, 2.24) is 10.2 Å². The third-order valence-electron chi connectivity index (χ3n) is 5.68. The van der Waals surface area contributed by atoms with Crippen LogP contribution in [-0.4, -0.2) is 50.5 Å². The van der Waals surface area contributed by atoms with E-state index in [-0.39, 0.29) is 18.4 Å². The summed E-state index contributed by atoms with van der Waals surface area (Å²) in [4.78, 5) is 28.1. The summed E-state index contributed by atoms with van der Waals surface area (Å²) in [6.45, 7) is 7.94. The fraction of sp³-hybridized carbons (Fsp3) is 0.462. The summed E-state index contributed by atoms with van der Waals surface area (Å²) in [7, 11) is -3.76. The number of sulfonamides is 1. The van der Waals surface area contributed by atoms with Crippen LogP contribution in [0, 0.1) is 5.92 Å². The van der Waals surface area contributed by atoms with E-state index in [0.29, 0.717) is 29.2 Å². The second-order valence-electron chi connectivity index (χ2n) is 8.97. The standard InChI is InChI=1S/C26H36ClN3O4S/c1-6-20-12-14-22(15-13-20)30(35(5,33)34)18-25(31)29(17-21-10-8-9-11-23(21)27)24(7-2)26(32)28-16-19(3)4/h8-15,19,24H,6-7,16-18H2,1-5H3,(H,28,32). The molecule has 1 atom stereocenters. The largest absolute Gasteiger partial charge is 0.354 e. The molecule has 1 N–H and O–H groups in total. The van der Waals surface area contributed by atoms with Crippen molar-refractivity contribution in [1.29, 1.82) is 0 Å². The zero-order valence-electron chi connectivity index (χ0n) is 21.1. The molecular formula is C26H36ClN3O4S. The van der Waals surface area contributed by atoms with E-state index < -0.39 is 28.5 Å². The van der Waals surface area contributed by atoms with Gasteiger partial charge in [-0.25, -0.2) is 8.42 Å². The molecule has 2 aromatic rings. The molecule has 0 aliphatic heterocycles. The summed E-state index contributed by atoms with van der Waals surface area (Å²) in [5.74, 6) is -0.516. The van der Waals surface area contributed by atoms with Crippen molar-refractivity contribution < 1.29 is 18.0 Å². The van der Waals surface area contributed by atoms with Gasteiger partial charge in [-0.15, -0.1) is 0 Å². The summed E-state index contributed by atoms with van der Waals surface area (Å²) in [5, 5.41) is 3.37. The summed E-state index contributed by atoms with van der Waals surface area (Å²) >= 11 is 6.36. The lowest BCUT2D eigenvalue weighted by molar-refractivity contribution is -0.140. The number of aryl methyl sites for hydroxylation is 1. The summed E-state index contributed by atoms with van der Waals surface area (Å²) in [5.41, 5.74) is 2.13. The first kappa shape index (κ1) is 28.7. The van der Waals surface area contributed by atoms with Gasteiger partial charge >= 0.3 is 0 Å². The van der Waals surface area contributed by atoms with Crippen LogP contribution in [0.1, 0.15) is 45.2 Å². The first-order valence-corrected chi connectivity index (χ1v) is 14.1. The highest BCUT2D eigenvalue weighted by atomic mass is 35.5. The van der Waals surface area contributed by atoms with Crippen LogP contribution >= 0.6 is 11.6 Å². The second-order valence-corrected chi connectivity index (χ2v) is 11.3. The molecule has 2 aromatic carbocycles. The van der Waals surface area contributed by atoms with Crippen molar-refractivity contribution in [3.05, 3.63) is 64.7 Å². The van der Waals surface area contributed by atoms with E-state index in [1.807, 2.05) is 45.9 Å². The first-order chi connectivity index (χ1) is 16.5. The lowest BCUT2D eigenvalue weighted by atomic mass is 10.1. The van der Waals surface area contributed by atoms with Crippen LogP contribution < -0.4 is 9.62 Å². The SMILES string of the molecule is CCc1ccc(N(CC(=O)N(Cc2ccccc2Cl)C(CC)C(=O)NCC(C)C)S(C)(=O)=O)cc1. The van der Waals surface area contributed by atoms with Gasteiger partial charge < -0.3 is 10.2 Å². The Morgan fingerprint density at radius 2 is 1.66 bits per heavy atom. The van der Waals surface area contributed by atoms with Gasteiger partial charge in [0.15, 0.2) is 0 Å². The fourth-order valence-corrected chi connectivity index (χ4v) is 4.71. The van der Waals surface area contributed by atoms with Crippen LogP contribution in [-0.2, 0) is 32.6 Å². The molecule has 0 bridgehead atoms. The lowest BCUT2D eigenvalue weighted by Crippen LogP contribution is -2.52. The molecule has 2 rings (SSSR count). The van der Waals surface area contributed by atoms with E-state index in [1.165, 1.54) is 4.90 Å². The second kappa shape index (κ2) is 12.9. The minimum Gasteiger partial charge on any atom is -0.354 e. The summed E-state index contributed by atoms with van der Waals surface area (Å²) in [6.07, 6.45) is 2.25. The maximum atomic E-state index is 13.7. The molecule has 7 nitrogen and oxygen atoms in total. The zero-order valence-corrected chi connectivity index (χ0v) is 22.7. The van der Waals surface area contributed by atoms with Gasteiger partial charge in [0.25, 0.3) is 0 Å². The Kier molecular flexibility index (Phi) is 10.6. The monoisotopic (exact) mass is 521 g/mol. The van der Waals surface area contributed by atoms with Gasteiger partial charge in [0.2, 0.25) is 21.8 Å². The molecule has 0 fully saturated rings. The summed E-state index contributed by atoms with van der Waals surface area (Å²) in [6, 6.07) is 13.4. The highest BCUT2D eigenvalue weighted by Gasteiger charge is 2.32. The van der Waals surface area contributed by atoms with E-state index in [0.717, 1.165) is 22.5 Å². The molecule has 0 aliphatic carbocycles. The molecule has 0 spiro atoms. The number of carbonyl (C=O) groups is 2. The average Bonchev–Trinajstić information content (AvgIpc) is 2.81. The van der Waals surface area contributed by atoms with Crippen molar-refractivity contribution in [3.63, 3.8) is 0 Å². The van der Waals surface area contributed by atoms with E-state index in [9.17, 15) is 18.0 Å². The number of hydrogen-bond acceptors (Lipinski definition) is 4. The predicted octanol–water partition coefficient (Wildman–Crippen LogP) is 4.25. The number of nitrogens with one attached hydrogen (secondary N) is 1. The number of anilines is 1. The Hall–Kier alpha value is -2.58. The Morgan fingerprint density at radius 1 is 1.03 bits per heavy atom. The number of benzene rings is 2. The molecule has 0 aromatic heterocycles. The normalized spacial score (nSPS) is 12.3. The van der Waals surface area contributed by atoms with E-state index in [4.69, 9.17) is 11.6 Å². The number of amides is 2. The quantitative estimate of drug-likeness (QED) is 0.452. The van der Waals surface area contributed by atoms with E-state index in [1.54, 1.807) is 30.3 Å². The first-order valence-electron chi connectivity index (χ1n) is 11.8. The highest BCUT2D eigenvalue weighted by Crippen LogP contribution is 2.22. The Labute approximate surface area is 214 Å². The van der Waals surface area contributed by atoms with Crippen LogP contribution in [0.2, 0.25) is 5.02 Å². The number of carbonyl (C=O) groups excluding carboxylic acids is 2. The minimum atomic E-state index is -3.76. The molecule has 9 heteroatoms. The number of halogens is 1. The van der Waals surface area contributed by atoms with Crippen molar-refractivity contribution >= 4 is 39.1 Å². The Balaban J connectivity index is 2.42. The molecule has 0 saturated carbocycles. The molecule has 0 aliphatic rings. The molecule has 1 unspecified atom stereocenters. The molecule has 192 valence electrons. The van der Waals surface area contributed by atoms with Crippen LogP contribution in [0.4, 0.5) is 5.69 Å². The molecule has 2 amide bonds. The van der Waals surface area contributed by atoms with Gasteiger partial charge in [0.1, 0.15) is 12.6 Å². The molecule has 35 heavy (non-hydrogen) atoms. The Bertz CT molecular complexity index is 1100. The third-order valence-corrected chi connectivity index (χ3v) is 7.19. The predicted molar refractivity (Wildman–Crippen MR) is 142 cm³/mol. The highest BCUT2D eigenvalue weighted by molar-refractivity contribution is 7.92. The van der Waals surface area contributed by atoms with E-state index >= 15 is 0 Å². The van der Waals surface area contributed by atoms with Gasteiger partial charge in [0, 0.05) is 18.1 Å². The number of rotatable bonds is 12. The smallest absolute Gasteiger partial charge is 0.244 e. The van der Waals surface area contributed by atoms with Gasteiger partial charge in [0.05, 0.1) is 11.9 Å². The average molecular weight is 522 g/mol. The van der Waals surface area contributed by atoms with Crippen molar-refractivity contribution in [3.8, 4) is 0 Å².